The van der Waals surface area contributed by atoms with Crippen LogP contribution in [0.3, 0.4) is 0 Å². The maximum Gasteiger partial charge on any atom is 0.334 e. The van der Waals surface area contributed by atoms with Crippen LogP contribution in [0.5, 0.6) is 0 Å². The summed E-state index contributed by atoms with van der Waals surface area (Å²) >= 11 is 0. The molecule has 0 N–H and O–H groups in total. The van der Waals surface area contributed by atoms with E-state index >= 15 is 0 Å². The normalized spacial score (nSPS) is 21.5. The number of carbonyl (C=O) groups is 1. The van der Waals surface area contributed by atoms with Crippen LogP contribution in [0.2, 0.25) is 0 Å². The fourth-order valence-electron chi connectivity index (χ4n) is 2.34. The summed E-state index contributed by atoms with van der Waals surface area (Å²) in [6.07, 6.45) is 2.93. The zero-order chi connectivity index (χ0) is 14.9. The highest BCUT2D eigenvalue weighted by molar-refractivity contribution is 5.87. The first-order valence-electron chi connectivity index (χ1n) is 6.36. The predicted molar refractivity (Wildman–Crippen MR) is 71.9 cm³/mol. The van der Waals surface area contributed by atoms with Crippen molar-refractivity contribution in [3.8, 4) is 0 Å². The summed E-state index contributed by atoms with van der Waals surface area (Å²) in [4.78, 5) is 11.8. The quantitative estimate of drug-likeness (QED) is 0.474. The molecule has 0 radical (unpaired) electrons. The Balaban J connectivity index is 2.47. The van der Waals surface area contributed by atoms with Gasteiger partial charge < -0.3 is 4.74 Å². The third-order valence-electron chi connectivity index (χ3n) is 3.34. The number of esters is 1. The minimum Gasteiger partial charge on any atom is -0.447 e. The molecule has 1 aliphatic carbocycles. The molecule has 2 nitrogen and oxygen atoms in total. The number of carbonyl (C=O) groups excluding carboxylic acids is 1. The molecule has 0 heterocycles. The van der Waals surface area contributed by atoms with Crippen molar-refractivity contribution in [2.45, 2.75) is 32.3 Å². The molecule has 106 valence electrons. The monoisotopic (exact) mass is 278 g/mol. The van der Waals surface area contributed by atoms with Gasteiger partial charge in [-0.05, 0) is 44.9 Å². The molecule has 1 atom stereocenters. The van der Waals surface area contributed by atoms with Crippen LogP contribution in [0.25, 0.3) is 0 Å². The van der Waals surface area contributed by atoms with Gasteiger partial charge in [-0.2, -0.15) is 0 Å². The zero-order valence-electron chi connectivity index (χ0n) is 11.5. The molecule has 0 amide bonds. The highest BCUT2D eigenvalue weighted by atomic mass is 19.1. The minimum atomic E-state index is -1.11. The summed E-state index contributed by atoms with van der Waals surface area (Å²) in [6, 6.07) is 3.19. The lowest BCUT2D eigenvalue weighted by atomic mass is 9.92. The van der Waals surface area contributed by atoms with Gasteiger partial charge in [0, 0.05) is 17.2 Å². The van der Waals surface area contributed by atoms with Crippen LogP contribution in [0, 0.1) is 11.6 Å². The van der Waals surface area contributed by atoms with Crippen molar-refractivity contribution in [1.29, 1.82) is 0 Å². The molecule has 0 aromatic heterocycles. The average Bonchev–Trinajstić information content (AvgIpc) is 2.70. The summed E-state index contributed by atoms with van der Waals surface area (Å²) in [5.41, 5.74) is 0.466. The SMILES string of the molecule is C=C(C)C(=O)OC1(c2cc(F)cc(F)c2)C=C(C)CC1. The van der Waals surface area contributed by atoms with Crippen LogP contribution in [-0.2, 0) is 15.1 Å². The lowest BCUT2D eigenvalue weighted by Crippen LogP contribution is -2.29. The smallest absolute Gasteiger partial charge is 0.334 e. The van der Waals surface area contributed by atoms with Gasteiger partial charge in [0.05, 0.1) is 0 Å². The largest absolute Gasteiger partial charge is 0.447 e. The zero-order valence-corrected chi connectivity index (χ0v) is 11.5. The summed E-state index contributed by atoms with van der Waals surface area (Å²) in [6.45, 7) is 6.96. The summed E-state index contributed by atoms with van der Waals surface area (Å²) in [5.74, 6) is -1.95. The van der Waals surface area contributed by atoms with Crippen molar-refractivity contribution in [3.63, 3.8) is 0 Å². The molecular formula is C16H16F2O2. The molecule has 0 fully saturated rings. The number of rotatable bonds is 3. The molecule has 0 spiro atoms. The first-order chi connectivity index (χ1) is 9.32. The maximum atomic E-state index is 13.4. The van der Waals surface area contributed by atoms with Crippen LogP contribution < -0.4 is 0 Å². The van der Waals surface area contributed by atoms with E-state index in [1.165, 1.54) is 19.1 Å². The van der Waals surface area contributed by atoms with E-state index in [4.69, 9.17) is 4.74 Å². The van der Waals surface area contributed by atoms with Crippen molar-refractivity contribution in [3.05, 3.63) is 59.2 Å². The van der Waals surface area contributed by atoms with E-state index in [-0.39, 0.29) is 5.57 Å². The third kappa shape index (κ3) is 2.79. The second-order valence-electron chi connectivity index (χ2n) is 5.21. The van der Waals surface area contributed by atoms with E-state index in [0.29, 0.717) is 18.4 Å². The molecule has 1 unspecified atom stereocenters. The van der Waals surface area contributed by atoms with Gasteiger partial charge in [-0.25, -0.2) is 13.6 Å². The van der Waals surface area contributed by atoms with Gasteiger partial charge in [-0.3, -0.25) is 0 Å². The van der Waals surface area contributed by atoms with Crippen LogP contribution in [0.15, 0.2) is 42.0 Å². The van der Waals surface area contributed by atoms with Crippen LogP contribution in [0.1, 0.15) is 32.3 Å². The lowest BCUT2D eigenvalue weighted by Gasteiger charge is -2.28. The van der Waals surface area contributed by atoms with E-state index in [1.807, 2.05) is 6.92 Å². The summed E-state index contributed by atoms with van der Waals surface area (Å²) in [7, 11) is 0. The Morgan fingerprint density at radius 1 is 1.30 bits per heavy atom. The predicted octanol–water partition coefficient (Wildman–Crippen LogP) is 4.02. The van der Waals surface area contributed by atoms with Gasteiger partial charge in [0.2, 0.25) is 0 Å². The standard InChI is InChI=1S/C16H16F2O2/c1-10(2)15(19)20-16(5-4-11(3)9-16)12-6-13(17)8-14(18)7-12/h6-9H,1,4-5H2,2-3H3. The molecule has 1 aliphatic rings. The van der Waals surface area contributed by atoms with E-state index in [1.54, 1.807) is 6.08 Å². The molecule has 1 aromatic carbocycles. The number of allylic oxidation sites excluding steroid dienone is 1. The Labute approximate surface area is 116 Å². The van der Waals surface area contributed by atoms with Gasteiger partial charge in [-0.15, -0.1) is 0 Å². The van der Waals surface area contributed by atoms with Gasteiger partial charge in [0.1, 0.15) is 11.6 Å². The van der Waals surface area contributed by atoms with E-state index in [9.17, 15) is 13.6 Å². The molecule has 20 heavy (non-hydrogen) atoms. The number of benzene rings is 1. The fourth-order valence-corrected chi connectivity index (χ4v) is 2.34. The second-order valence-corrected chi connectivity index (χ2v) is 5.21. The van der Waals surface area contributed by atoms with Crippen LogP contribution >= 0.6 is 0 Å². The number of hydrogen-bond acceptors (Lipinski definition) is 2. The molecule has 0 saturated carbocycles. The highest BCUT2D eigenvalue weighted by Gasteiger charge is 2.38. The molecule has 2 rings (SSSR count). The van der Waals surface area contributed by atoms with E-state index in [0.717, 1.165) is 11.6 Å². The van der Waals surface area contributed by atoms with E-state index < -0.39 is 23.2 Å². The van der Waals surface area contributed by atoms with Crippen molar-refractivity contribution >= 4 is 5.97 Å². The average molecular weight is 278 g/mol. The number of ether oxygens (including phenoxy) is 1. The molecule has 1 aromatic rings. The maximum absolute atomic E-state index is 13.4. The van der Waals surface area contributed by atoms with Crippen LogP contribution in [0.4, 0.5) is 8.78 Å². The Bertz CT molecular complexity index is 584. The number of halogens is 2. The summed E-state index contributed by atoms with van der Waals surface area (Å²) < 4.78 is 32.3. The van der Waals surface area contributed by atoms with E-state index in [2.05, 4.69) is 6.58 Å². The minimum absolute atomic E-state index is 0.249. The summed E-state index contributed by atoms with van der Waals surface area (Å²) in [5, 5.41) is 0. The third-order valence-corrected chi connectivity index (χ3v) is 3.34. The first kappa shape index (κ1) is 14.4. The molecular weight excluding hydrogens is 262 g/mol. The van der Waals surface area contributed by atoms with Crippen LogP contribution in [-0.4, -0.2) is 5.97 Å². The van der Waals surface area contributed by atoms with Gasteiger partial charge in [-0.1, -0.05) is 12.2 Å². The Morgan fingerprint density at radius 2 is 1.90 bits per heavy atom. The molecule has 0 aliphatic heterocycles. The Kier molecular flexibility index (Phi) is 3.75. The Hall–Kier alpha value is -1.97. The fraction of sp³-hybridized carbons (Fsp3) is 0.312. The molecule has 0 bridgehead atoms. The topological polar surface area (TPSA) is 26.3 Å². The van der Waals surface area contributed by atoms with Crippen molar-refractivity contribution in [2.24, 2.45) is 0 Å². The first-order valence-corrected chi connectivity index (χ1v) is 6.36. The Morgan fingerprint density at radius 3 is 2.35 bits per heavy atom. The van der Waals surface area contributed by atoms with Gasteiger partial charge in [0.15, 0.2) is 5.60 Å². The number of hydrogen-bond donors (Lipinski definition) is 0. The van der Waals surface area contributed by atoms with Gasteiger partial charge in [0.25, 0.3) is 0 Å². The van der Waals surface area contributed by atoms with Crippen molar-refractivity contribution in [2.75, 3.05) is 0 Å². The second kappa shape index (κ2) is 5.19. The highest BCUT2D eigenvalue weighted by Crippen LogP contribution is 2.41. The lowest BCUT2D eigenvalue weighted by molar-refractivity contribution is -0.151. The molecule has 4 heteroatoms. The van der Waals surface area contributed by atoms with Crippen molar-refractivity contribution < 1.29 is 18.3 Å². The van der Waals surface area contributed by atoms with Gasteiger partial charge >= 0.3 is 5.97 Å². The van der Waals surface area contributed by atoms with Crippen molar-refractivity contribution in [1.82, 2.24) is 0 Å². The molecule has 0 saturated heterocycles.